The number of carbonyl (C=O) groups is 6. The molecular weight excluding hydrogens is 873 g/mol. The van der Waals surface area contributed by atoms with E-state index in [0.717, 1.165) is 22.3 Å². The fourth-order valence-electron chi connectivity index (χ4n) is 9.39. The van der Waals surface area contributed by atoms with Gasteiger partial charge in [-0.3, -0.25) is 28.8 Å². The Hall–Kier alpha value is -4.85. The van der Waals surface area contributed by atoms with Crippen LogP contribution in [0, 0.1) is 16.7 Å². The normalized spacial score (nSPS) is 27.2. The van der Waals surface area contributed by atoms with Crippen molar-refractivity contribution in [2.45, 2.75) is 163 Å². The molecule has 7 atom stereocenters. The number of thiol groups is 1. The van der Waals surface area contributed by atoms with Crippen LogP contribution in [0.4, 0.5) is 0 Å². The smallest absolute Gasteiger partial charge is 0.325 e. The van der Waals surface area contributed by atoms with Gasteiger partial charge in [0.1, 0.15) is 36.2 Å². The highest BCUT2D eigenvalue weighted by molar-refractivity contribution is 7.80. The number of epoxide rings is 1. The van der Waals surface area contributed by atoms with Crippen molar-refractivity contribution in [2.75, 3.05) is 12.3 Å². The fourth-order valence-corrected chi connectivity index (χ4v) is 9.69. The molecule has 2 aliphatic carbocycles. The zero-order valence-corrected chi connectivity index (χ0v) is 42.2. The molecule has 1 amide bonds. The average molecular weight is 947 g/mol. The van der Waals surface area contributed by atoms with Gasteiger partial charge in [0.15, 0.2) is 5.78 Å². The molecule has 1 aliphatic heterocycles. The second-order valence-corrected chi connectivity index (χ2v) is 20.5. The van der Waals surface area contributed by atoms with Crippen LogP contribution in [0.15, 0.2) is 100 Å². The van der Waals surface area contributed by atoms with Gasteiger partial charge in [0.05, 0.1) is 17.1 Å². The van der Waals surface area contributed by atoms with E-state index >= 15 is 0 Å². The number of allylic oxidation sites excluding steroid dienone is 14. The van der Waals surface area contributed by atoms with Crippen molar-refractivity contribution >= 4 is 48.0 Å². The molecule has 3 rings (SSSR count). The molecule has 0 bridgehead atoms. The minimum absolute atomic E-state index is 0.0353. The maximum absolute atomic E-state index is 13.5. The molecule has 5 N–H and O–H groups in total. The maximum Gasteiger partial charge on any atom is 0.325 e. The van der Waals surface area contributed by atoms with E-state index < -0.39 is 64.7 Å². The number of rotatable bonds is 22. The van der Waals surface area contributed by atoms with Crippen molar-refractivity contribution in [3.05, 3.63) is 100 Å². The number of ether oxygens (including phenoxy) is 3. The minimum atomic E-state index is -1.21. The van der Waals surface area contributed by atoms with Crippen molar-refractivity contribution in [3.63, 3.8) is 0 Å². The van der Waals surface area contributed by atoms with Gasteiger partial charge in [0, 0.05) is 55.8 Å². The van der Waals surface area contributed by atoms with Gasteiger partial charge >= 0.3 is 17.9 Å². The van der Waals surface area contributed by atoms with Crippen LogP contribution in [0.1, 0.15) is 128 Å². The van der Waals surface area contributed by atoms with Crippen LogP contribution >= 0.6 is 12.6 Å². The zero-order chi connectivity index (χ0) is 50.5. The number of carboxylic acid groups (broad SMARTS) is 1. The first kappa shape index (κ1) is 56.5. The number of aliphatic carboxylic acids is 1. The van der Waals surface area contributed by atoms with Crippen LogP contribution in [-0.4, -0.2) is 92.9 Å². The van der Waals surface area contributed by atoms with Crippen molar-refractivity contribution in [1.29, 1.82) is 0 Å². The minimum Gasteiger partial charge on any atom is -0.480 e. The number of hydrogen-bond acceptors (Lipinski definition) is 12. The summed E-state index contributed by atoms with van der Waals surface area (Å²) in [4.78, 5) is 73.9. The van der Waals surface area contributed by atoms with Gasteiger partial charge < -0.3 is 35.5 Å². The molecule has 14 heteroatoms. The molecule has 6 unspecified atom stereocenters. The molecule has 1 saturated heterocycles. The highest BCUT2D eigenvalue weighted by atomic mass is 32.1. The molecule has 0 aromatic rings. The lowest BCUT2D eigenvalue weighted by molar-refractivity contribution is -0.154. The van der Waals surface area contributed by atoms with Gasteiger partial charge in [-0.25, -0.2) is 0 Å². The monoisotopic (exact) mass is 947 g/mol. The van der Waals surface area contributed by atoms with Crippen molar-refractivity contribution in [3.8, 4) is 0 Å². The highest BCUT2D eigenvalue weighted by Gasteiger charge is 2.76. The van der Waals surface area contributed by atoms with Crippen LogP contribution < -0.4 is 11.1 Å². The standard InChI is InChI=1S/C53H74N2O11S/c1-34(18-14-19-36(3)22-25-45-49(6,7)27-41(64-38(5)56)29-51(45,10)63)16-12-13-17-35(2)20-15-21-37(4)44(58)31-53-50(8,9)28-42(30-52(53,11)66-53)65-46(59)32-55-47(60)39(33-67)26-40(57)23-24-43(54)48(61)62/h12-22,39,41-43,63,67H,23-24,26-33,54H2,1-11H3,(H,55,60)(H,61,62)/b13-12+,18-14+,20-15+,34-16+,35-17+,36-19+,37-21+/t25?,39?,41?,42?,43?,51-,52?,53?/m1/s1. The summed E-state index contributed by atoms with van der Waals surface area (Å²) < 4.78 is 17.6. The van der Waals surface area contributed by atoms with Crippen LogP contribution in [0.5, 0.6) is 0 Å². The number of hydrogen-bond donors (Lipinski definition) is 5. The van der Waals surface area contributed by atoms with Crippen LogP contribution in [0.25, 0.3) is 0 Å². The third-order valence-electron chi connectivity index (χ3n) is 12.9. The van der Waals surface area contributed by atoms with Gasteiger partial charge in [0.2, 0.25) is 5.91 Å². The summed E-state index contributed by atoms with van der Waals surface area (Å²) in [5.41, 5.74) is 9.74. The number of esters is 2. The molecule has 368 valence electrons. The predicted molar refractivity (Wildman–Crippen MR) is 263 cm³/mol. The number of Topliss-reactive ketones (excluding diaryl/α,β-unsaturated/α-hetero) is 2. The van der Waals surface area contributed by atoms with Gasteiger partial charge in [-0.15, -0.1) is 5.73 Å². The number of nitrogens with two attached hydrogens (primary N) is 1. The molecule has 13 nitrogen and oxygen atoms in total. The Kier molecular flexibility index (Phi) is 20.2. The summed E-state index contributed by atoms with van der Waals surface area (Å²) in [6.45, 7) is 20.5. The first-order valence-corrected chi connectivity index (χ1v) is 23.6. The first-order chi connectivity index (χ1) is 31.1. The van der Waals surface area contributed by atoms with E-state index in [9.17, 15) is 33.9 Å². The molecule has 1 heterocycles. The Morgan fingerprint density at radius 1 is 0.836 bits per heavy atom. The highest BCUT2D eigenvalue weighted by Crippen LogP contribution is 2.67. The molecule has 67 heavy (non-hydrogen) atoms. The van der Waals surface area contributed by atoms with E-state index in [-0.39, 0.29) is 60.5 Å². The van der Waals surface area contributed by atoms with E-state index in [1.54, 1.807) is 19.9 Å². The molecule has 0 aromatic carbocycles. The molecule has 0 radical (unpaired) electrons. The largest absolute Gasteiger partial charge is 0.480 e. The van der Waals surface area contributed by atoms with E-state index in [4.69, 9.17) is 25.1 Å². The molecule has 0 spiro atoms. The Labute approximate surface area is 402 Å². The third-order valence-corrected chi connectivity index (χ3v) is 13.4. The van der Waals surface area contributed by atoms with Gasteiger partial charge in [-0.1, -0.05) is 99.6 Å². The summed E-state index contributed by atoms with van der Waals surface area (Å²) in [6.07, 6.45) is 22.2. The summed E-state index contributed by atoms with van der Waals surface area (Å²) in [5, 5.41) is 22.6. The predicted octanol–water partition coefficient (Wildman–Crippen LogP) is 8.06. The number of carboxylic acids is 1. The Morgan fingerprint density at radius 2 is 1.42 bits per heavy atom. The molecule has 3 fully saturated rings. The average Bonchev–Trinajstić information content (AvgIpc) is 3.82. The summed E-state index contributed by atoms with van der Waals surface area (Å²) >= 11 is 4.17. The number of aliphatic hydroxyl groups is 1. The quantitative estimate of drug-likeness (QED) is 0.0174. The van der Waals surface area contributed by atoms with Gasteiger partial charge in [0.25, 0.3) is 0 Å². The lowest BCUT2D eigenvalue weighted by atomic mass is 9.61. The van der Waals surface area contributed by atoms with Crippen molar-refractivity contribution < 1.29 is 53.2 Å². The number of carbonyl (C=O) groups excluding carboxylic acids is 5. The number of fused-ring (bicyclic) bond motifs is 1. The molecule has 3 aliphatic rings. The van der Waals surface area contributed by atoms with Gasteiger partial charge in [-0.2, -0.15) is 12.6 Å². The van der Waals surface area contributed by atoms with Crippen LogP contribution in [0.2, 0.25) is 0 Å². The fraction of sp³-hybridized carbons (Fsp3) is 0.566. The number of amides is 1. The number of ketones is 2. The van der Waals surface area contributed by atoms with E-state index in [2.05, 4.69) is 23.7 Å². The summed E-state index contributed by atoms with van der Waals surface area (Å²) in [6, 6.07) is -1.17. The molecular formula is C53H74N2O11S. The second kappa shape index (κ2) is 23.9. The summed E-state index contributed by atoms with van der Waals surface area (Å²) in [5.74, 6) is -3.83. The van der Waals surface area contributed by atoms with E-state index in [1.165, 1.54) is 6.92 Å². The van der Waals surface area contributed by atoms with Gasteiger partial charge in [-0.05, 0) is 83.4 Å². The maximum atomic E-state index is 13.5. The molecule has 0 aromatic heterocycles. The SMILES string of the molecule is CC(=O)OC1CC(C)(C)C(=C=C/C(C)=C/C=C/C(C)=C/C=C/C=C(C)/C=C/C=C(\C)C(=O)CC23OC2(C)CC(OC(=O)CNC(=O)C(CS)CC(=O)CCC(N)C(=O)O)CC3(C)C)[C@](C)(O)C1. The Bertz CT molecular complexity index is 2160. The summed E-state index contributed by atoms with van der Waals surface area (Å²) in [7, 11) is 0. The van der Waals surface area contributed by atoms with E-state index in [0.29, 0.717) is 31.3 Å². The Morgan fingerprint density at radius 3 is 1.97 bits per heavy atom. The number of nitrogens with one attached hydrogen (secondary N) is 1. The van der Waals surface area contributed by atoms with E-state index in [1.807, 2.05) is 116 Å². The lowest BCUT2D eigenvalue weighted by Crippen LogP contribution is -2.49. The van der Waals surface area contributed by atoms with Crippen molar-refractivity contribution in [1.82, 2.24) is 5.32 Å². The molecule has 2 saturated carbocycles. The second-order valence-electron chi connectivity index (χ2n) is 20.1. The topological polar surface area (TPSA) is 212 Å². The van der Waals surface area contributed by atoms with Crippen LogP contribution in [0.3, 0.4) is 0 Å². The first-order valence-electron chi connectivity index (χ1n) is 23.0. The van der Waals surface area contributed by atoms with Crippen molar-refractivity contribution in [2.24, 2.45) is 22.5 Å². The van der Waals surface area contributed by atoms with Crippen LogP contribution in [-0.2, 0) is 43.0 Å². The third kappa shape index (κ3) is 16.4. The zero-order valence-electron chi connectivity index (χ0n) is 41.3. The lowest BCUT2D eigenvalue weighted by Gasteiger charge is -2.44. The Balaban J connectivity index is 1.49.